The molecule has 1 aromatic heterocycles. The largest absolute Gasteiger partial charge is 0.474 e. The molecule has 2 bridgehead atoms. The Morgan fingerprint density at radius 3 is 2.55 bits per heavy atom. The van der Waals surface area contributed by atoms with Crippen LogP contribution in [0.2, 0.25) is 5.02 Å². The highest BCUT2D eigenvalue weighted by Crippen LogP contribution is 2.30. The molecule has 3 heterocycles. The molecular formula is C19H23ClN4O4S. The Bertz CT molecular complexity index is 883. The number of fused-ring (bicyclic) bond motifs is 2. The lowest BCUT2D eigenvalue weighted by molar-refractivity contribution is -0.0134. The molecule has 29 heavy (non-hydrogen) atoms. The number of anilines is 2. The fourth-order valence-corrected chi connectivity index (χ4v) is 3.85. The monoisotopic (exact) mass is 438 g/mol. The molecule has 0 saturated carbocycles. The summed E-state index contributed by atoms with van der Waals surface area (Å²) in [5.74, 6) is 1.33. The van der Waals surface area contributed by atoms with Gasteiger partial charge in [0.2, 0.25) is 5.88 Å². The van der Waals surface area contributed by atoms with Crippen molar-refractivity contribution < 1.29 is 17.9 Å². The van der Waals surface area contributed by atoms with Crippen LogP contribution in [-0.4, -0.2) is 49.8 Å². The van der Waals surface area contributed by atoms with E-state index in [1.54, 1.807) is 0 Å². The summed E-state index contributed by atoms with van der Waals surface area (Å²) in [7, 11) is 0. The van der Waals surface area contributed by atoms with E-state index in [0.29, 0.717) is 28.8 Å². The molecule has 2 aliphatic heterocycles. The average Bonchev–Trinajstić information content (AvgIpc) is 2.67. The SMILES string of the molecule is Cc1ccc(Nc2ncnc(OC3CC4COCC(C3)N4)c2C)c(Cl)c1.O=S=O. The molecule has 2 unspecified atom stereocenters. The van der Waals surface area contributed by atoms with Gasteiger partial charge >= 0.3 is 11.6 Å². The molecule has 2 N–H and O–H groups in total. The van der Waals surface area contributed by atoms with E-state index in [4.69, 9.17) is 29.5 Å². The van der Waals surface area contributed by atoms with Gasteiger partial charge in [0.15, 0.2) is 0 Å². The minimum atomic E-state index is -0.750. The summed E-state index contributed by atoms with van der Waals surface area (Å²) in [4.78, 5) is 8.70. The number of rotatable bonds is 4. The predicted octanol–water partition coefficient (Wildman–Crippen LogP) is 2.72. The topological polar surface area (TPSA) is 102 Å². The van der Waals surface area contributed by atoms with Crippen LogP contribution in [0.15, 0.2) is 24.5 Å². The molecule has 4 rings (SSSR count). The number of nitrogens with one attached hydrogen (secondary N) is 2. The smallest absolute Gasteiger partial charge is 0.335 e. The highest BCUT2D eigenvalue weighted by Gasteiger charge is 2.33. The number of morpholine rings is 1. The first-order valence-electron chi connectivity index (χ1n) is 9.27. The van der Waals surface area contributed by atoms with Gasteiger partial charge in [-0.2, -0.15) is 8.42 Å². The molecule has 0 spiro atoms. The molecule has 2 fully saturated rings. The van der Waals surface area contributed by atoms with Crippen molar-refractivity contribution in [2.75, 3.05) is 18.5 Å². The fraction of sp³-hybridized carbons (Fsp3) is 0.474. The van der Waals surface area contributed by atoms with E-state index in [9.17, 15) is 0 Å². The Labute approximate surface area is 178 Å². The number of aryl methyl sites for hydroxylation is 1. The molecule has 2 aromatic rings. The minimum Gasteiger partial charge on any atom is -0.474 e. The van der Waals surface area contributed by atoms with Gasteiger partial charge in [0.25, 0.3) is 0 Å². The number of hydrogen-bond acceptors (Lipinski definition) is 8. The molecule has 8 nitrogen and oxygen atoms in total. The number of aromatic nitrogens is 2. The summed E-state index contributed by atoms with van der Waals surface area (Å²) in [5, 5.41) is 7.53. The lowest BCUT2D eigenvalue weighted by Crippen LogP contribution is -2.56. The van der Waals surface area contributed by atoms with Gasteiger partial charge < -0.3 is 20.1 Å². The minimum absolute atomic E-state index is 0.138. The van der Waals surface area contributed by atoms with Gasteiger partial charge in [0, 0.05) is 24.9 Å². The number of benzene rings is 1. The standard InChI is InChI=1S/C19H23ClN4O2.O2S/c1-11-3-4-17(16(20)5-11)24-18-12(2)19(22-10-21-18)26-15-6-13-8-25-9-14(7-15)23-13;1-3-2/h3-5,10,13-15,23H,6-9H2,1-2H3,(H,21,22,24);. The number of ether oxygens (including phenoxy) is 2. The summed E-state index contributed by atoms with van der Waals surface area (Å²) in [5.41, 5.74) is 2.81. The van der Waals surface area contributed by atoms with Gasteiger partial charge in [0.1, 0.15) is 18.2 Å². The Morgan fingerprint density at radius 1 is 1.21 bits per heavy atom. The number of halogens is 1. The zero-order valence-electron chi connectivity index (χ0n) is 16.2. The van der Waals surface area contributed by atoms with Crippen LogP contribution >= 0.6 is 11.6 Å². The van der Waals surface area contributed by atoms with Crippen molar-refractivity contribution in [2.24, 2.45) is 0 Å². The zero-order chi connectivity index (χ0) is 20.8. The van der Waals surface area contributed by atoms with Gasteiger partial charge in [-0.15, -0.1) is 0 Å². The molecular weight excluding hydrogens is 416 g/mol. The first kappa shape index (κ1) is 21.6. The maximum absolute atomic E-state index is 8.29. The van der Waals surface area contributed by atoms with Crippen molar-refractivity contribution in [2.45, 2.75) is 44.9 Å². The van der Waals surface area contributed by atoms with Gasteiger partial charge in [-0.1, -0.05) is 17.7 Å². The molecule has 2 saturated heterocycles. The maximum Gasteiger partial charge on any atom is 0.335 e. The van der Waals surface area contributed by atoms with E-state index in [2.05, 4.69) is 20.6 Å². The molecule has 0 aliphatic carbocycles. The van der Waals surface area contributed by atoms with E-state index in [0.717, 1.165) is 42.9 Å². The first-order valence-corrected chi connectivity index (χ1v) is 10.3. The average molecular weight is 439 g/mol. The molecule has 2 aliphatic rings. The molecule has 0 radical (unpaired) electrons. The van der Waals surface area contributed by atoms with Crippen molar-refractivity contribution in [3.05, 3.63) is 40.7 Å². The number of piperidine rings is 1. The summed E-state index contributed by atoms with van der Waals surface area (Å²) in [6.45, 7) is 5.47. The number of hydrogen-bond donors (Lipinski definition) is 2. The van der Waals surface area contributed by atoms with E-state index in [1.807, 2.05) is 32.0 Å². The summed E-state index contributed by atoms with van der Waals surface area (Å²) >= 11 is 5.58. The first-order chi connectivity index (χ1) is 14.0. The molecule has 10 heteroatoms. The van der Waals surface area contributed by atoms with Crippen LogP contribution in [-0.2, 0) is 16.3 Å². The second-order valence-electron chi connectivity index (χ2n) is 7.14. The zero-order valence-corrected chi connectivity index (χ0v) is 17.8. The Kier molecular flexibility index (Phi) is 7.54. The van der Waals surface area contributed by atoms with Crippen LogP contribution in [0.25, 0.3) is 0 Å². The van der Waals surface area contributed by atoms with E-state index >= 15 is 0 Å². The van der Waals surface area contributed by atoms with Crippen LogP contribution in [0.3, 0.4) is 0 Å². The van der Waals surface area contributed by atoms with E-state index in [1.165, 1.54) is 6.33 Å². The maximum atomic E-state index is 8.29. The van der Waals surface area contributed by atoms with Crippen LogP contribution in [0, 0.1) is 13.8 Å². The van der Waals surface area contributed by atoms with Crippen LogP contribution in [0.4, 0.5) is 11.5 Å². The molecule has 2 atom stereocenters. The number of nitrogens with zero attached hydrogens (tertiary/aromatic N) is 2. The van der Waals surface area contributed by atoms with Crippen molar-refractivity contribution in [3.8, 4) is 5.88 Å². The Morgan fingerprint density at radius 2 is 1.90 bits per heavy atom. The van der Waals surface area contributed by atoms with Crippen LogP contribution < -0.4 is 15.4 Å². The van der Waals surface area contributed by atoms with Gasteiger partial charge in [-0.3, -0.25) is 0 Å². The van der Waals surface area contributed by atoms with Crippen molar-refractivity contribution in [3.63, 3.8) is 0 Å². The summed E-state index contributed by atoms with van der Waals surface area (Å²) in [6, 6.07) is 6.61. The van der Waals surface area contributed by atoms with Gasteiger partial charge in [0.05, 0.1) is 29.5 Å². The van der Waals surface area contributed by atoms with Crippen LogP contribution in [0.5, 0.6) is 5.88 Å². The third kappa shape index (κ3) is 5.72. The highest BCUT2D eigenvalue weighted by molar-refractivity contribution is 7.51. The molecule has 1 aromatic carbocycles. The van der Waals surface area contributed by atoms with Crippen molar-refractivity contribution in [1.29, 1.82) is 0 Å². The van der Waals surface area contributed by atoms with E-state index < -0.39 is 11.6 Å². The van der Waals surface area contributed by atoms with Crippen molar-refractivity contribution >= 4 is 34.7 Å². The Balaban J connectivity index is 0.000000755. The third-order valence-corrected chi connectivity index (χ3v) is 5.21. The van der Waals surface area contributed by atoms with Crippen molar-refractivity contribution in [1.82, 2.24) is 15.3 Å². The third-order valence-electron chi connectivity index (χ3n) is 4.90. The second-order valence-corrected chi connectivity index (χ2v) is 7.68. The van der Waals surface area contributed by atoms with Crippen LogP contribution in [0.1, 0.15) is 24.0 Å². The summed E-state index contributed by atoms with van der Waals surface area (Å²) < 4.78 is 28.4. The highest BCUT2D eigenvalue weighted by atomic mass is 35.5. The quantitative estimate of drug-likeness (QED) is 0.751. The fourth-order valence-electron chi connectivity index (χ4n) is 3.57. The van der Waals surface area contributed by atoms with E-state index in [-0.39, 0.29) is 6.10 Å². The van der Waals surface area contributed by atoms with Gasteiger partial charge in [-0.05, 0) is 31.5 Å². The normalized spacial score (nSPS) is 22.8. The predicted molar refractivity (Wildman–Crippen MR) is 110 cm³/mol. The Hall–Kier alpha value is -2.07. The second kappa shape index (κ2) is 10.1. The lowest BCUT2D eigenvalue weighted by atomic mass is 9.95. The molecule has 156 valence electrons. The van der Waals surface area contributed by atoms with Gasteiger partial charge in [-0.25, -0.2) is 9.97 Å². The lowest BCUT2D eigenvalue weighted by Gasteiger charge is -2.39. The molecule has 0 amide bonds. The summed E-state index contributed by atoms with van der Waals surface area (Å²) in [6.07, 6.45) is 3.51.